The second kappa shape index (κ2) is 10.6. The first-order valence-corrected chi connectivity index (χ1v) is 12.4. The molecule has 0 aromatic heterocycles. The van der Waals surface area contributed by atoms with Crippen LogP contribution in [0.1, 0.15) is 66.2 Å². The molecule has 0 aliphatic carbocycles. The van der Waals surface area contributed by atoms with Gasteiger partial charge in [0.15, 0.2) is 0 Å². The van der Waals surface area contributed by atoms with E-state index in [2.05, 4.69) is 0 Å². The van der Waals surface area contributed by atoms with Gasteiger partial charge in [-0.3, -0.25) is 4.90 Å². The molecule has 0 N–H and O–H groups in total. The van der Waals surface area contributed by atoms with E-state index in [1.54, 1.807) is 18.2 Å². The molecular formula is C29H24F9NO2. The predicted molar refractivity (Wildman–Crippen MR) is 132 cm³/mol. The van der Waals surface area contributed by atoms with Crippen LogP contribution in [0.15, 0.2) is 60.7 Å². The van der Waals surface area contributed by atoms with Gasteiger partial charge in [0, 0.05) is 0 Å². The lowest BCUT2D eigenvalue weighted by Gasteiger charge is -2.24. The van der Waals surface area contributed by atoms with Gasteiger partial charge in [-0.1, -0.05) is 44.2 Å². The van der Waals surface area contributed by atoms with Crippen molar-refractivity contribution in [3.8, 4) is 11.1 Å². The maximum absolute atomic E-state index is 13.6. The number of hydrogen-bond acceptors (Lipinski definition) is 2. The highest BCUT2D eigenvalue weighted by atomic mass is 19.4. The Kier molecular flexibility index (Phi) is 7.83. The average Bonchev–Trinajstić information content (AvgIpc) is 3.15. The van der Waals surface area contributed by atoms with Gasteiger partial charge in [-0.15, -0.1) is 0 Å². The fourth-order valence-electron chi connectivity index (χ4n) is 4.73. The standard InChI is InChI=1S/C29H24F9NO2/c1-15(2)17-5-4-6-18(9-17)24-8-7-21(27(30,31)32)12-20(24)14-39-16(3)25(41-26(39)40)19-10-22(28(33,34)35)13-23(11-19)29(36,37)38/h4-13,15-16,25H,14H2,1-3H3/t16-,25-/m0/s1. The summed E-state index contributed by atoms with van der Waals surface area (Å²) in [4.78, 5) is 13.8. The van der Waals surface area contributed by atoms with Crippen molar-refractivity contribution in [2.24, 2.45) is 0 Å². The summed E-state index contributed by atoms with van der Waals surface area (Å²) in [6, 6.07) is 9.91. The minimum Gasteiger partial charge on any atom is -0.439 e. The van der Waals surface area contributed by atoms with Crippen LogP contribution < -0.4 is 0 Å². The number of carbonyl (C=O) groups excluding carboxylic acids is 1. The molecule has 0 saturated carbocycles. The van der Waals surface area contributed by atoms with Crippen LogP contribution in [-0.2, 0) is 29.8 Å². The highest BCUT2D eigenvalue weighted by Crippen LogP contribution is 2.42. The van der Waals surface area contributed by atoms with Crippen LogP contribution in [0.5, 0.6) is 0 Å². The lowest BCUT2D eigenvalue weighted by atomic mass is 9.93. The Morgan fingerprint density at radius 1 is 0.780 bits per heavy atom. The molecule has 4 rings (SSSR count). The Hall–Kier alpha value is -3.70. The van der Waals surface area contributed by atoms with E-state index < -0.39 is 65.6 Å². The lowest BCUT2D eigenvalue weighted by Crippen LogP contribution is -2.32. The van der Waals surface area contributed by atoms with Gasteiger partial charge in [-0.05, 0) is 71.0 Å². The SMILES string of the molecule is CC(C)c1cccc(-c2ccc(C(F)(F)F)cc2CN2C(=O)O[C@H](c3cc(C(F)(F)F)cc(C(F)(F)F)c3)[C@@H]2C)c1. The molecule has 3 aromatic rings. The zero-order valence-electron chi connectivity index (χ0n) is 21.9. The molecule has 1 heterocycles. The number of ether oxygens (including phenoxy) is 1. The van der Waals surface area contributed by atoms with Crippen LogP contribution in [0.3, 0.4) is 0 Å². The Morgan fingerprint density at radius 3 is 1.90 bits per heavy atom. The Bertz CT molecular complexity index is 1410. The van der Waals surface area contributed by atoms with Gasteiger partial charge in [-0.2, -0.15) is 39.5 Å². The van der Waals surface area contributed by atoms with Crippen LogP contribution in [0.4, 0.5) is 44.3 Å². The van der Waals surface area contributed by atoms with E-state index in [-0.39, 0.29) is 17.5 Å². The van der Waals surface area contributed by atoms with Crippen LogP contribution in [-0.4, -0.2) is 17.0 Å². The summed E-state index contributed by atoms with van der Waals surface area (Å²) in [5.41, 5.74) is -2.74. The van der Waals surface area contributed by atoms with Crippen molar-refractivity contribution >= 4 is 6.09 Å². The van der Waals surface area contributed by atoms with Gasteiger partial charge in [0.1, 0.15) is 6.10 Å². The number of carbonyl (C=O) groups is 1. The van der Waals surface area contributed by atoms with Gasteiger partial charge in [0.2, 0.25) is 0 Å². The second-order valence-electron chi connectivity index (χ2n) is 10.2. The van der Waals surface area contributed by atoms with E-state index in [4.69, 9.17) is 4.74 Å². The molecule has 3 nitrogen and oxygen atoms in total. The smallest absolute Gasteiger partial charge is 0.416 e. The number of nitrogens with zero attached hydrogens (tertiary/aromatic N) is 1. The Morgan fingerprint density at radius 2 is 1.37 bits per heavy atom. The highest BCUT2D eigenvalue weighted by Gasteiger charge is 2.43. The summed E-state index contributed by atoms with van der Waals surface area (Å²) in [6.45, 7) is 4.78. The Balaban J connectivity index is 1.75. The number of halogens is 9. The van der Waals surface area contributed by atoms with Crippen molar-refractivity contribution in [1.29, 1.82) is 0 Å². The molecule has 12 heteroatoms. The molecule has 2 atom stereocenters. The van der Waals surface area contributed by atoms with E-state index >= 15 is 0 Å². The predicted octanol–water partition coefficient (Wildman–Crippen LogP) is 9.62. The first kappa shape index (κ1) is 30.3. The maximum atomic E-state index is 13.6. The quantitative estimate of drug-likeness (QED) is 0.278. The summed E-state index contributed by atoms with van der Waals surface area (Å²) in [7, 11) is 0. The van der Waals surface area contributed by atoms with Crippen molar-refractivity contribution in [3.63, 3.8) is 0 Å². The van der Waals surface area contributed by atoms with E-state index in [1.807, 2.05) is 19.9 Å². The number of benzene rings is 3. The molecule has 1 aliphatic heterocycles. The van der Waals surface area contributed by atoms with Crippen molar-refractivity contribution in [2.45, 2.75) is 63.9 Å². The summed E-state index contributed by atoms with van der Waals surface area (Å²) in [5.74, 6) is 0.108. The number of rotatable bonds is 5. The topological polar surface area (TPSA) is 29.5 Å². The fraction of sp³-hybridized carbons (Fsp3) is 0.345. The Labute approximate surface area is 229 Å². The van der Waals surface area contributed by atoms with Gasteiger partial charge in [0.25, 0.3) is 0 Å². The van der Waals surface area contributed by atoms with Crippen LogP contribution in [0.2, 0.25) is 0 Å². The molecule has 0 spiro atoms. The minimum atomic E-state index is -5.11. The number of alkyl halides is 9. The molecule has 3 aromatic carbocycles. The molecule has 0 unspecified atom stereocenters. The molecule has 1 fully saturated rings. The number of cyclic esters (lactones) is 1. The summed E-state index contributed by atoms with van der Waals surface area (Å²) >= 11 is 0. The summed E-state index contributed by atoms with van der Waals surface area (Å²) in [5, 5.41) is 0. The van der Waals surface area contributed by atoms with E-state index in [9.17, 15) is 44.3 Å². The highest BCUT2D eigenvalue weighted by molar-refractivity contribution is 5.73. The van der Waals surface area contributed by atoms with Gasteiger partial charge < -0.3 is 4.74 Å². The average molecular weight is 589 g/mol. The third-order valence-corrected chi connectivity index (χ3v) is 6.97. The molecule has 1 aliphatic rings. The lowest BCUT2D eigenvalue weighted by molar-refractivity contribution is -0.143. The molecule has 0 radical (unpaired) electrons. The maximum Gasteiger partial charge on any atom is 0.416 e. The largest absolute Gasteiger partial charge is 0.439 e. The number of amides is 1. The van der Waals surface area contributed by atoms with Gasteiger partial charge in [0.05, 0.1) is 29.3 Å². The molecule has 0 bridgehead atoms. The first-order chi connectivity index (χ1) is 18.9. The van der Waals surface area contributed by atoms with Crippen molar-refractivity contribution in [2.75, 3.05) is 0 Å². The van der Waals surface area contributed by atoms with E-state index in [0.717, 1.165) is 22.6 Å². The van der Waals surface area contributed by atoms with Crippen LogP contribution >= 0.6 is 0 Å². The molecule has 220 valence electrons. The monoisotopic (exact) mass is 589 g/mol. The fourth-order valence-corrected chi connectivity index (χ4v) is 4.73. The molecule has 1 saturated heterocycles. The normalized spacial score (nSPS) is 18.3. The van der Waals surface area contributed by atoms with E-state index in [0.29, 0.717) is 23.3 Å². The second-order valence-corrected chi connectivity index (χ2v) is 10.2. The van der Waals surface area contributed by atoms with Crippen LogP contribution in [0.25, 0.3) is 11.1 Å². The summed E-state index contributed by atoms with van der Waals surface area (Å²) in [6.07, 6.45) is -17.6. The van der Waals surface area contributed by atoms with Crippen molar-refractivity contribution in [1.82, 2.24) is 4.90 Å². The van der Waals surface area contributed by atoms with Crippen LogP contribution in [0, 0.1) is 0 Å². The van der Waals surface area contributed by atoms with Gasteiger partial charge >= 0.3 is 24.6 Å². The number of hydrogen-bond donors (Lipinski definition) is 0. The van der Waals surface area contributed by atoms with E-state index in [1.165, 1.54) is 13.0 Å². The molecule has 1 amide bonds. The third kappa shape index (κ3) is 6.46. The van der Waals surface area contributed by atoms with Crippen molar-refractivity contribution in [3.05, 3.63) is 94.0 Å². The first-order valence-electron chi connectivity index (χ1n) is 12.4. The zero-order valence-corrected chi connectivity index (χ0v) is 21.9. The third-order valence-electron chi connectivity index (χ3n) is 6.97. The minimum absolute atomic E-state index is 0.0388. The van der Waals surface area contributed by atoms with Gasteiger partial charge in [-0.25, -0.2) is 4.79 Å². The van der Waals surface area contributed by atoms with Crippen molar-refractivity contribution < 1.29 is 49.0 Å². The summed E-state index contributed by atoms with van der Waals surface area (Å²) < 4.78 is 126. The zero-order chi connectivity index (χ0) is 30.5. The molecular weight excluding hydrogens is 565 g/mol. The molecule has 41 heavy (non-hydrogen) atoms.